The molecule has 1 aromatic heterocycles. The minimum atomic E-state index is 0.468. The Morgan fingerprint density at radius 1 is 0.677 bits per heavy atom. The molecule has 7 nitrogen and oxygen atoms in total. The number of aromatic nitrogens is 3. The Balaban J connectivity index is 1.64. The molecule has 0 aliphatic rings. The molecular formula is C24H25N6O+. The molecule has 156 valence electrons. The van der Waals surface area contributed by atoms with Gasteiger partial charge in [0, 0.05) is 5.69 Å². The first-order valence-electron chi connectivity index (χ1n) is 9.97. The molecule has 0 aliphatic heterocycles. The van der Waals surface area contributed by atoms with Gasteiger partial charge >= 0.3 is 17.8 Å². The van der Waals surface area contributed by atoms with Crippen molar-refractivity contribution >= 4 is 34.9 Å². The van der Waals surface area contributed by atoms with Crippen LogP contribution in [0.5, 0.6) is 5.75 Å². The highest BCUT2D eigenvalue weighted by molar-refractivity contribution is 5.60. The van der Waals surface area contributed by atoms with Gasteiger partial charge in [0.05, 0.1) is 18.5 Å². The first-order valence-corrected chi connectivity index (χ1v) is 9.97. The molecule has 0 unspecified atom stereocenters. The van der Waals surface area contributed by atoms with Crippen molar-refractivity contribution in [3.63, 3.8) is 0 Å². The van der Waals surface area contributed by atoms with Gasteiger partial charge in [-0.1, -0.05) is 34.2 Å². The minimum Gasteiger partial charge on any atom is -0.497 e. The van der Waals surface area contributed by atoms with Crippen molar-refractivity contribution in [2.24, 2.45) is 0 Å². The summed E-state index contributed by atoms with van der Waals surface area (Å²) in [6, 6.07) is 23.8. The highest BCUT2D eigenvalue weighted by atomic mass is 16.5. The van der Waals surface area contributed by atoms with Crippen LogP contribution >= 0.6 is 0 Å². The third-order valence-corrected chi connectivity index (χ3v) is 4.58. The summed E-state index contributed by atoms with van der Waals surface area (Å²) in [4.78, 5) is 12.4. The fourth-order valence-electron chi connectivity index (χ4n) is 3.10. The molecule has 4 N–H and O–H groups in total. The lowest BCUT2D eigenvalue weighted by molar-refractivity contribution is -0.351. The lowest BCUT2D eigenvalue weighted by Crippen LogP contribution is -2.20. The van der Waals surface area contributed by atoms with Crippen LogP contribution in [0.25, 0.3) is 0 Å². The first-order chi connectivity index (χ1) is 15.1. The van der Waals surface area contributed by atoms with Crippen LogP contribution in [0.15, 0.2) is 72.8 Å². The second-order valence-electron chi connectivity index (χ2n) is 7.21. The zero-order chi connectivity index (χ0) is 21.6. The van der Waals surface area contributed by atoms with E-state index in [2.05, 4.69) is 50.0 Å². The average molecular weight is 414 g/mol. The van der Waals surface area contributed by atoms with Gasteiger partial charge in [0.25, 0.3) is 0 Å². The standard InChI is InChI=1S/C24H24N6O/c1-16-6-4-8-19(14-16)26-23-28-22(25-18-10-12-21(31-3)13-11-18)29-24(30-23)27-20-9-5-7-17(2)15-20/h4-15H,1-3H3,(H3,25,26,27,28,29,30)/p+1. The van der Waals surface area contributed by atoms with Crippen molar-refractivity contribution in [2.45, 2.75) is 13.8 Å². The molecule has 1 heterocycles. The van der Waals surface area contributed by atoms with Crippen molar-refractivity contribution in [3.8, 4) is 5.75 Å². The van der Waals surface area contributed by atoms with Crippen molar-refractivity contribution in [1.29, 1.82) is 0 Å². The molecule has 3 aromatic carbocycles. The quantitative estimate of drug-likeness (QED) is 0.389. The molecule has 4 aromatic rings. The Kier molecular flexibility index (Phi) is 5.93. The lowest BCUT2D eigenvalue weighted by atomic mass is 10.2. The molecule has 0 atom stereocenters. The lowest BCUT2D eigenvalue weighted by Gasteiger charge is -2.08. The van der Waals surface area contributed by atoms with Crippen LogP contribution in [-0.2, 0) is 0 Å². The van der Waals surface area contributed by atoms with Crippen LogP contribution in [0.2, 0.25) is 0 Å². The maximum Gasteiger partial charge on any atom is 0.327 e. The summed E-state index contributed by atoms with van der Waals surface area (Å²) in [5, 5.41) is 9.89. The van der Waals surface area contributed by atoms with Gasteiger partial charge in [-0.3, -0.25) is 10.6 Å². The number of aromatic amines is 1. The third-order valence-electron chi connectivity index (χ3n) is 4.58. The average Bonchev–Trinajstić information content (AvgIpc) is 2.74. The van der Waals surface area contributed by atoms with Crippen molar-refractivity contribution < 1.29 is 9.72 Å². The summed E-state index contributed by atoms with van der Waals surface area (Å²) < 4.78 is 5.23. The summed E-state index contributed by atoms with van der Waals surface area (Å²) >= 11 is 0. The SMILES string of the molecule is COc1ccc(Nc2nc(Nc3cccc(C)c3)nc(Nc3cccc(C)c3)[nH+]2)cc1. The molecule has 4 rings (SSSR count). The van der Waals surface area contributed by atoms with E-state index in [1.165, 1.54) is 0 Å². The number of ether oxygens (including phenoxy) is 1. The molecule has 0 aliphatic carbocycles. The third kappa shape index (κ3) is 5.48. The predicted molar refractivity (Wildman–Crippen MR) is 124 cm³/mol. The largest absolute Gasteiger partial charge is 0.497 e. The summed E-state index contributed by atoms with van der Waals surface area (Å²) in [5.74, 6) is 2.37. The first kappa shape index (κ1) is 20.2. The molecule has 0 saturated heterocycles. The van der Waals surface area contributed by atoms with Crippen LogP contribution < -0.4 is 25.7 Å². The Morgan fingerprint density at radius 2 is 1.23 bits per heavy atom. The van der Waals surface area contributed by atoms with E-state index in [9.17, 15) is 0 Å². The topological polar surface area (TPSA) is 85.2 Å². The van der Waals surface area contributed by atoms with Crippen LogP contribution in [0.1, 0.15) is 11.1 Å². The van der Waals surface area contributed by atoms with Gasteiger partial charge in [0.2, 0.25) is 0 Å². The van der Waals surface area contributed by atoms with Gasteiger partial charge < -0.3 is 10.1 Å². The highest BCUT2D eigenvalue weighted by Crippen LogP contribution is 2.21. The molecule has 31 heavy (non-hydrogen) atoms. The van der Waals surface area contributed by atoms with E-state index in [-0.39, 0.29) is 0 Å². The number of nitrogens with one attached hydrogen (secondary N) is 4. The van der Waals surface area contributed by atoms with E-state index in [1.54, 1.807) is 7.11 Å². The number of anilines is 6. The van der Waals surface area contributed by atoms with Crippen molar-refractivity contribution in [2.75, 3.05) is 23.1 Å². The number of methoxy groups -OCH3 is 1. The van der Waals surface area contributed by atoms with Gasteiger partial charge in [-0.25, -0.2) is 4.98 Å². The van der Waals surface area contributed by atoms with E-state index in [0.29, 0.717) is 17.8 Å². The molecule has 7 heteroatoms. The maximum atomic E-state index is 5.23. The normalized spacial score (nSPS) is 10.4. The summed E-state index contributed by atoms with van der Waals surface area (Å²) in [6.45, 7) is 4.10. The van der Waals surface area contributed by atoms with E-state index < -0.39 is 0 Å². The zero-order valence-electron chi connectivity index (χ0n) is 17.7. The summed E-state index contributed by atoms with van der Waals surface area (Å²) in [6.07, 6.45) is 0. The molecule has 0 radical (unpaired) electrons. The number of rotatable bonds is 7. The smallest absolute Gasteiger partial charge is 0.327 e. The zero-order valence-corrected chi connectivity index (χ0v) is 17.7. The van der Waals surface area contributed by atoms with E-state index in [0.717, 1.165) is 33.9 Å². The van der Waals surface area contributed by atoms with E-state index in [4.69, 9.17) is 4.74 Å². The van der Waals surface area contributed by atoms with Crippen LogP contribution in [-0.4, -0.2) is 17.1 Å². The Labute approximate surface area is 181 Å². The van der Waals surface area contributed by atoms with Crippen molar-refractivity contribution in [3.05, 3.63) is 83.9 Å². The second kappa shape index (κ2) is 9.13. The van der Waals surface area contributed by atoms with Gasteiger partial charge in [0.1, 0.15) is 5.75 Å². The number of nitrogens with zero attached hydrogens (tertiary/aromatic N) is 2. The van der Waals surface area contributed by atoms with Crippen LogP contribution in [0.3, 0.4) is 0 Å². The molecule has 0 fully saturated rings. The minimum absolute atomic E-state index is 0.468. The fourth-order valence-corrected chi connectivity index (χ4v) is 3.10. The monoisotopic (exact) mass is 413 g/mol. The Bertz CT molecular complexity index is 1110. The molecule has 0 saturated carbocycles. The summed E-state index contributed by atoms with van der Waals surface area (Å²) in [5.41, 5.74) is 5.05. The number of hydrogen-bond donors (Lipinski definition) is 3. The maximum absolute atomic E-state index is 5.23. The molecular weight excluding hydrogens is 388 g/mol. The number of H-pyrrole nitrogens is 1. The van der Waals surface area contributed by atoms with Crippen LogP contribution in [0.4, 0.5) is 34.9 Å². The molecule has 0 spiro atoms. The van der Waals surface area contributed by atoms with Gasteiger partial charge in [0.15, 0.2) is 0 Å². The summed E-state index contributed by atoms with van der Waals surface area (Å²) in [7, 11) is 1.65. The number of hydrogen-bond acceptors (Lipinski definition) is 6. The van der Waals surface area contributed by atoms with Gasteiger partial charge in [-0.05, 0) is 73.5 Å². The van der Waals surface area contributed by atoms with Gasteiger partial charge in [-0.15, -0.1) is 0 Å². The number of aryl methyl sites for hydroxylation is 2. The van der Waals surface area contributed by atoms with Crippen molar-refractivity contribution in [1.82, 2.24) is 9.97 Å². The highest BCUT2D eigenvalue weighted by Gasteiger charge is 2.14. The molecule has 0 bridgehead atoms. The molecule has 0 amide bonds. The van der Waals surface area contributed by atoms with Gasteiger partial charge in [-0.2, -0.15) is 0 Å². The predicted octanol–water partition coefficient (Wildman–Crippen LogP) is 5.15. The Hall–Kier alpha value is -4.13. The number of benzene rings is 3. The van der Waals surface area contributed by atoms with E-state index >= 15 is 0 Å². The van der Waals surface area contributed by atoms with E-state index in [1.807, 2.05) is 67.6 Å². The fraction of sp³-hybridized carbons (Fsp3) is 0.125. The Morgan fingerprint density at radius 3 is 1.77 bits per heavy atom. The second-order valence-corrected chi connectivity index (χ2v) is 7.21. The van der Waals surface area contributed by atoms with Crippen LogP contribution in [0, 0.1) is 13.8 Å².